The number of ether oxygens (including phenoxy) is 2. The molecule has 3 atom stereocenters. The van der Waals surface area contributed by atoms with Crippen molar-refractivity contribution in [2.24, 2.45) is 0 Å². The molecule has 2 aromatic carbocycles. The zero-order valence-corrected chi connectivity index (χ0v) is 16.4. The van der Waals surface area contributed by atoms with Gasteiger partial charge in [0.25, 0.3) is 0 Å². The fourth-order valence-electron chi connectivity index (χ4n) is 2.80. The molecule has 1 aliphatic rings. The first-order valence-electron chi connectivity index (χ1n) is 8.86. The average molecular weight is 399 g/mol. The minimum atomic E-state index is -1.32. The SMILES string of the molecule is CCNC(=O)O[C@H]1C=CC(=O)[C@](C)(c2ccc(S(=O)c3ccccc3)cc2)O1. The molecule has 1 heterocycles. The smallest absolute Gasteiger partial charge is 0.409 e. The number of carbonyl (C=O) groups is 2. The number of carbonyl (C=O) groups excluding carboxylic acids is 2. The van der Waals surface area contributed by atoms with Crippen LogP contribution < -0.4 is 5.32 Å². The van der Waals surface area contributed by atoms with Gasteiger partial charge in [0.05, 0.1) is 10.8 Å². The van der Waals surface area contributed by atoms with Crippen LogP contribution in [0.3, 0.4) is 0 Å². The Bertz CT molecular complexity index is 910. The molecule has 0 aliphatic carbocycles. The minimum Gasteiger partial charge on any atom is -0.416 e. The van der Waals surface area contributed by atoms with E-state index in [0.29, 0.717) is 21.9 Å². The predicted molar refractivity (Wildman–Crippen MR) is 104 cm³/mol. The lowest BCUT2D eigenvalue weighted by molar-refractivity contribution is -0.177. The van der Waals surface area contributed by atoms with E-state index in [1.165, 1.54) is 12.2 Å². The monoisotopic (exact) mass is 399 g/mol. The third kappa shape index (κ3) is 4.21. The third-order valence-electron chi connectivity index (χ3n) is 4.35. The molecule has 0 saturated heterocycles. The van der Waals surface area contributed by atoms with Crippen LogP contribution in [0.4, 0.5) is 4.79 Å². The van der Waals surface area contributed by atoms with Gasteiger partial charge in [-0.1, -0.05) is 30.3 Å². The van der Waals surface area contributed by atoms with Crippen LogP contribution in [0.1, 0.15) is 19.4 Å². The van der Waals surface area contributed by atoms with Crippen molar-refractivity contribution in [3.8, 4) is 0 Å². The molecule has 0 bridgehead atoms. The summed E-state index contributed by atoms with van der Waals surface area (Å²) in [5, 5.41) is 2.51. The van der Waals surface area contributed by atoms with Crippen LogP contribution in [-0.4, -0.2) is 28.9 Å². The van der Waals surface area contributed by atoms with Gasteiger partial charge in [0.2, 0.25) is 6.29 Å². The second kappa shape index (κ2) is 8.50. The van der Waals surface area contributed by atoms with E-state index in [2.05, 4.69) is 5.32 Å². The first-order valence-corrected chi connectivity index (χ1v) is 10.0. The first-order chi connectivity index (χ1) is 13.4. The zero-order chi connectivity index (χ0) is 20.1. The lowest BCUT2D eigenvalue weighted by Gasteiger charge is -2.33. The van der Waals surface area contributed by atoms with Gasteiger partial charge in [-0.2, -0.15) is 0 Å². The highest BCUT2D eigenvalue weighted by Gasteiger charge is 2.40. The molecule has 2 aromatic rings. The molecule has 0 fully saturated rings. The summed E-state index contributed by atoms with van der Waals surface area (Å²) in [6.07, 6.45) is 1.15. The number of hydrogen-bond acceptors (Lipinski definition) is 5. The van der Waals surface area contributed by atoms with E-state index in [0.717, 1.165) is 0 Å². The second-order valence-corrected chi connectivity index (χ2v) is 7.76. The number of hydrogen-bond donors (Lipinski definition) is 1. The molecule has 1 N–H and O–H groups in total. The molecular weight excluding hydrogens is 378 g/mol. The van der Waals surface area contributed by atoms with Gasteiger partial charge in [-0.25, -0.2) is 9.00 Å². The van der Waals surface area contributed by atoms with Crippen molar-refractivity contribution >= 4 is 22.7 Å². The summed E-state index contributed by atoms with van der Waals surface area (Å²) in [4.78, 5) is 25.4. The lowest BCUT2D eigenvalue weighted by Crippen LogP contribution is -2.43. The highest BCUT2D eigenvalue weighted by atomic mass is 32.2. The summed E-state index contributed by atoms with van der Waals surface area (Å²) < 4.78 is 23.6. The van der Waals surface area contributed by atoms with Crippen LogP contribution >= 0.6 is 0 Å². The molecule has 0 spiro atoms. The second-order valence-electron chi connectivity index (χ2n) is 6.28. The van der Waals surface area contributed by atoms with Crippen molar-refractivity contribution in [3.05, 3.63) is 72.3 Å². The lowest BCUT2D eigenvalue weighted by atomic mass is 9.89. The Morgan fingerprint density at radius 2 is 1.79 bits per heavy atom. The van der Waals surface area contributed by atoms with E-state index in [1.54, 1.807) is 50.2 Å². The molecule has 0 radical (unpaired) electrons. The van der Waals surface area contributed by atoms with Crippen molar-refractivity contribution in [1.82, 2.24) is 5.32 Å². The van der Waals surface area contributed by atoms with Crippen molar-refractivity contribution in [3.63, 3.8) is 0 Å². The number of benzene rings is 2. The molecule has 0 aromatic heterocycles. The summed E-state index contributed by atoms with van der Waals surface area (Å²) in [5.74, 6) is -0.264. The molecule has 146 valence electrons. The maximum absolute atomic E-state index is 12.7. The predicted octanol–water partition coefficient (Wildman–Crippen LogP) is 3.30. The third-order valence-corrected chi connectivity index (χ3v) is 5.75. The number of ketones is 1. The zero-order valence-electron chi connectivity index (χ0n) is 15.6. The summed E-state index contributed by atoms with van der Waals surface area (Å²) in [5.41, 5.74) is -0.723. The number of rotatable bonds is 5. The van der Waals surface area contributed by atoms with Gasteiger partial charge in [-0.3, -0.25) is 4.79 Å². The van der Waals surface area contributed by atoms with E-state index < -0.39 is 28.8 Å². The molecular formula is C21H21NO5S. The molecule has 1 aliphatic heterocycles. The number of amides is 1. The van der Waals surface area contributed by atoms with E-state index in [4.69, 9.17) is 9.47 Å². The standard InChI is InChI=1S/C21H21NO5S/c1-3-22-20(24)26-19-14-13-18(23)21(2,27-19)15-9-11-17(12-10-15)28(25)16-7-5-4-6-8-16/h4-14,19H,3H2,1-2H3,(H,22,24)/t19-,21+,28?/m1/s1. The molecule has 7 heteroatoms. The van der Waals surface area contributed by atoms with Crippen LogP contribution in [0.2, 0.25) is 0 Å². The van der Waals surface area contributed by atoms with Gasteiger partial charge >= 0.3 is 6.09 Å². The molecule has 1 amide bonds. The van der Waals surface area contributed by atoms with Crippen molar-refractivity contribution in [1.29, 1.82) is 0 Å². The van der Waals surface area contributed by atoms with Crippen molar-refractivity contribution in [2.45, 2.75) is 35.5 Å². The van der Waals surface area contributed by atoms with Crippen LogP contribution in [0.5, 0.6) is 0 Å². The largest absolute Gasteiger partial charge is 0.416 e. The van der Waals surface area contributed by atoms with Crippen molar-refractivity contribution < 1.29 is 23.3 Å². The number of alkyl carbamates (subject to hydrolysis) is 1. The summed E-state index contributed by atoms with van der Waals surface area (Å²) >= 11 is 0. The van der Waals surface area contributed by atoms with Gasteiger partial charge in [0.15, 0.2) is 11.4 Å². The van der Waals surface area contributed by atoms with Gasteiger partial charge in [-0.15, -0.1) is 0 Å². The number of nitrogens with one attached hydrogen (secondary N) is 1. The molecule has 1 unspecified atom stereocenters. The fourth-order valence-corrected chi connectivity index (χ4v) is 3.86. The maximum Gasteiger partial charge on any atom is 0.409 e. The van der Waals surface area contributed by atoms with Gasteiger partial charge < -0.3 is 14.8 Å². The molecule has 0 saturated carbocycles. The highest BCUT2D eigenvalue weighted by Crippen LogP contribution is 2.33. The Kier molecular flexibility index (Phi) is 6.06. The van der Waals surface area contributed by atoms with Crippen LogP contribution in [0.25, 0.3) is 0 Å². The summed E-state index contributed by atoms with van der Waals surface area (Å²) in [7, 11) is -1.32. The Morgan fingerprint density at radius 1 is 1.14 bits per heavy atom. The molecule has 6 nitrogen and oxygen atoms in total. The van der Waals surface area contributed by atoms with Crippen LogP contribution in [0, 0.1) is 0 Å². The highest BCUT2D eigenvalue weighted by molar-refractivity contribution is 7.85. The Morgan fingerprint density at radius 3 is 2.43 bits per heavy atom. The van der Waals surface area contributed by atoms with E-state index in [9.17, 15) is 13.8 Å². The van der Waals surface area contributed by atoms with Crippen LogP contribution in [0.15, 0.2) is 76.5 Å². The Balaban J connectivity index is 1.80. The fraction of sp³-hybridized carbons (Fsp3) is 0.238. The molecule has 3 rings (SSSR count). The van der Waals surface area contributed by atoms with E-state index in [1.807, 2.05) is 18.2 Å². The normalized spacial score (nSPS) is 22.5. The Hall–Kier alpha value is -2.77. The van der Waals surface area contributed by atoms with Crippen molar-refractivity contribution in [2.75, 3.05) is 6.54 Å². The maximum atomic E-state index is 12.7. The first kappa shape index (κ1) is 20.0. The van der Waals surface area contributed by atoms with Gasteiger partial charge in [-0.05, 0) is 55.8 Å². The van der Waals surface area contributed by atoms with E-state index >= 15 is 0 Å². The quantitative estimate of drug-likeness (QED) is 0.834. The molecule has 28 heavy (non-hydrogen) atoms. The summed E-state index contributed by atoms with van der Waals surface area (Å²) in [6.45, 7) is 3.81. The topological polar surface area (TPSA) is 81.7 Å². The Labute approximate surface area is 166 Å². The van der Waals surface area contributed by atoms with Crippen LogP contribution in [-0.2, 0) is 30.7 Å². The summed E-state index contributed by atoms with van der Waals surface area (Å²) in [6, 6.07) is 15.9. The van der Waals surface area contributed by atoms with Gasteiger partial charge in [0, 0.05) is 16.3 Å². The van der Waals surface area contributed by atoms with Gasteiger partial charge in [0.1, 0.15) is 0 Å². The minimum absolute atomic E-state index is 0.264. The van der Waals surface area contributed by atoms with E-state index in [-0.39, 0.29) is 5.78 Å². The average Bonchev–Trinajstić information content (AvgIpc) is 2.71.